The van der Waals surface area contributed by atoms with E-state index in [-0.39, 0.29) is 12.1 Å². The molecule has 3 nitrogen and oxygen atoms in total. The summed E-state index contributed by atoms with van der Waals surface area (Å²) in [5, 5.41) is 0. The highest BCUT2D eigenvalue weighted by molar-refractivity contribution is 5.87. The van der Waals surface area contributed by atoms with E-state index in [9.17, 15) is 4.79 Å². The van der Waals surface area contributed by atoms with Gasteiger partial charge in [0.15, 0.2) is 0 Å². The molecule has 1 heterocycles. The van der Waals surface area contributed by atoms with Gasteiger partial charge in [-0.2, -0.15) is 0 Å². The van der Waals surface area contributed by atoms with Crippen LogP contribution >= 0.6 is 0 Å². The Bertz CT molecular complexity index is 443. The molecule has 0 aromatic rings. The van der Waals surface area contributed by atoms with E-state index in [2.05, 4.69) is 13.5 Å². The van der Waals surface area contributed by atoms with Crippen LogP contribution in [0.5, 0.6) is 0 Å². The van der Waals surface area contributed by atoms with Crippen LogP contribution in [-0.2, 0) is 14.3 Å². The van der Waals surface area contributed by atoms with Crippen molar-refractivity contribution >= 4 is 5.97 Å². The van der Waals surface area contributed by atoms with Crippen LogP contribution in [-0.4, -0.2) is 24.3 Å². The third-order valence-corrected chi connectivity index (χ3v) is 6.10. The summed E-state index contributed by atoms with van der Waals surface area (Å²) in [4.78, 5) is 11.7. The second kappa shape index (κ2) is 3.85. The number of esters is 1. The third kappa shape index (κ3) is 1.51. The fourth-order valence-corrected chi connectivity index (χ4v) is 5.53. The van der Waals surface area contributed by atoms with Crippen molar-refractivity contribution in [1.82, 2.24) is 0 Å². The van der Waals surface area contributed by atoms with Gasteiger partial charge in [-0.15, -0.1) is 0 Å². The fraction of sp³-hybridized carbons (Fsp3) is 0.812. The Hall–Kier alpha value is -0.830. The van der Waals surface area contributed by atoms with Crippen molar-refractivity contribution in [1.29, 1.82) is 0 Å². The zero-order chi connectivity index (χ0) is 13.3. The predicted octanol–water partition coefficient (Wildman–Crippen LogP) is 2.55. The summed E-state index contributed by atoms with van der Waals surface area (Å²) >= 11 is 0. The standard InChI is InChI=1S/C16H22O3/c1-7(2)16(17)19-12-5-9-4-11(12)15-10-6-13(14(9)15)18-8(10)3/h8-15H,1,4-6H2,2-3H3. The van der Waals surface area contributed by atoms with E-state index in [0.717, 1.165) is 24.2 Å². The molecule has 3 aliphatic carbocycles. The lowest BCUT2D eigenvalue weighted by atomic mass is 9.74. The minimum atomic E-state index is -0.207. The molecule has 3 saturated carbocycles. The van der Waals surface area contributed by atoms with Gasteiger partial charge in [-0.3, -0.25) is 0 Å². The van der Waals surface area contributed by atoms with Crippen LogP contribution < -0.4 is 0 Å². The van der Waals surface area contributed by atoms with Crippen LogP contribution in [0.2, 0.25) is 0 Å². The van der Waals surface area contributed by atoms with E-state index in [1.807, 2.05) is 0 Å². The second-order valence-corrected chi connectivity index (χ2v) is 7.05. The highest BCUT2D eigenvalue weighted by atomic mass is 16.5. The molecule has 1 aliphatic heterocycles. The summed E-state index contributed by atoms with van der Waals surface area (Å²) < 4.78 is 11.7. The molecular formula is C16H22O3. The Kier molecular flexibility index (Phi) is 2.42. The van der Waals surface area contributed by atoms with Crippen LogP contribution in [0.15, 0.2) is 12.2 Å². The SMILES string of the molecule is C=C(C)C(=O)OC1CC2CC1C1C3CC(OC3C)C21. The molecule has 0 amide bonds. The lowest BCUT2D eigenvalue weighted by Gasteiger charge is -2.40. The molecule has 0 radical (unpaired) electrons. The lowest BCUT2D eigenvalue weighted by Crippen LogP contribution is -2.42. The van der Waals surface area contributed by atoms with Gasteiger partial charge in [-0.25, -0.2) is 4.79 Å². The number of hydrogen-bond acceptors (Lipinski definition) is 3. The van der Waals surface area contributed by atoms with Crippen molar-refractivity contribution in [3.05, 3.63) is 12.2 Å². The highest BCUT2D eigenvalue weighted by Crippen LogP contribution is 2.65. The van der Waals surface area contributed by atoms with E-state index in [1.54, 1.807) is 6.92 Å². The van der Waals surface area contributed by atoms with Crippen molar-refractivity contribution in [3.63, 3.8) is 0 Å². The summed E-state index contributed by atoms with van der Waals surface area (Å²) in [6.45, 7) is 7.62. The maximum absolute atomic E-state index is 11.7. The first-order chi connectivity index (χ1) is 9.06. The van der Waals surface area contributed by atoms with E-state index in [1.165, 1.54) is 12.8 Å². The topological polar surface area (TPSA) is 35.5 Å². The zero-order valence-electron chi connectivity index (χ0n) is 11.7. The molecule has 0 aromatic carbocycles. The summed E-state index contributed by atoms with van der Waals surface area (Å²) in [5.41, 5.74) is 0.518. The molecule has 4 aliphatic rings. The number of ether oxygens (including phenoxy) is 2. The van der Waals surface area contributed by atoms with Crippen LogP contribution in [0.1, 0.15) is 33.1 Å². The van der Waals surface area contributed by atoms with Crippen molar-refractivity contribution in [2.45, 2.75) is 51.4 Å². The van der Waals surface area contributed by atoms with Gasteiger partial charge in [-0.05, 0) is 62.7 Å². The Morgan fingerprint density at radius 2 is 2.00 bits per heavy atom. The maximum Gasteiger partial charge on any atom is 0.333 e. The van der Waals surface area contributed by atoms with Crippen molar-refractivity contribution in [2.24, 2.45) is 29.6 Å². The maximum atomic E-state index is 11.7. The van der Waals surface area contributed by atoms with E-state index in [4.69, 9.17) is 9.47 Å². The Balaban J connectivity index is 1.53. The zero-order valence-corrected chi connectivity index (χ0v) is 11.7. The number of carbonyl (C=O) groups excluding carboxylic acids is 1. The number of rotatable bonds is 2. The van der Waals surface area contributed by atoms with Crippen molar-refractivity contribution in [3.8, 4) is 0 Å². The average Bonchev–Trinajstić information content (AvgIpc) is 3.04. The summed E-state index contributed by atoms with van der Waals surface area (Å²) in [6, 6.07) is 0. The molecule has 8 unspecified atom stereocenters. The fourth-order valence-electron chi connectivity index (χ4n) is 5.53. The molecule has 1 saturated heterocycles. The second-order valence-electron chi connectivity index (χ2n) is 7.05. The lowest BCUT2D eigenvalue weighted by molar-refractivity contribution is -0.152. The number of carbonyl (C=O) groups is 1. The van der Waals surface area contributed by atoms with Gasteiger partial charge in [0.2, 0.25) is 0 Å². The van der Waals surface area contributed by atoms with Gasteiger partial charge >= 0.3 is 5.97 Å². The first-order valence-electron chi connectivity index (χ1n) is 7.58. The molecule has 3 heteroatoms. The molecule has 0 spiro atoms. The minimum Gasteiger partial charge on any atom is -0.459 e. The molecular weight excluding hydrogens is 240 g/mol. The van der Waals surface area contributed by atoms with Gasteiger partial charge in [0.05, 0.1) is 12.2 Å². The first kappa shape index (κ1) is 12.0. The van der Waals surface area contributed by atoms with Gasteiger partial charge in [0.25, 0.3) is 0 Å². The van der Waals surface area contributed by atoms with Gasteiger partial charge in [0, 0.05) is 5.57 Å². The normalized spacial score (nSPS) is 53.4. The molecule has 4 bridgehead atoms. The molecule has 4 fully saturated rings. The van der Waals surface area contributed by atoms with Gasteiger partial charge in [0.1, 0.15) is 6.10 Å². The van der Waals surface area contributed by atoms with Crippen molar-refractivity contribution in [2.75, 3.05) is 0 Å². The first-order valence-corrected chi connectivity index (χ1v) is 7.58. The summed E-state index contributed by atoms with van der Waals surface area (Å²) in [5.74, 6) is 3.30. The van der Waals surface area contributed by atoms with Crippen LogP contribution in [0.3, 0.4) is 0 Å². The van der Waals surface area contributed by atoms with Gasteiger partial charge in [-0.1, -0.05) is 6.58 Å². The van der Waals surface area contributed by atoms with E-state index < -0.39 is 0 Å². The quantitative estimate of drug-likeness (QED) is 0.436. The predicted molar refractivity (Wildman–Crippen MR) is 70.3 cm³/mol. The monoisotopic (exact) mass is 262 g/mol. The summed E-state index contributed by atoms with van der Waals surface area (Å²) in [7, 11) is 0. The largest absolute Gasteiger partial charge is 0.459 e. The minimum absolute atomic E-state index is 0.141. The Labute approximate surface area is 114 Å². The van der Waals surface area contributed by atoms with E-state index in [0.29, 0.717) is 29.6 Å². The number of hydrogen-bond donors (Lipinski definition) is 0. The Morgan fingerprint density at radius 1 is 1.21 bits per heavy atom. The van der Waals surface area contributed by atoms with Gasteiger partial charge < -0.3 is 9.47 Å². The number of fused-ring (bicyclic) bond motifs is 9. The summed E-state index contributed by atoms with van der Waals surface area (Å²) in [6.07, 6.45) is 4.58. The van der Waals surface area contributed by atoms with Crippen molar-refractivity contribution < 1.29 is 14.3 Å². The molecule has 4 rings (SSSR count). The van der Waals surface area contributed by atoms with Crippen LogP contribution in [0, 0.1) is 29.6 Å². The molecule has 8 atom stereocenters. The smallest absolute Gasteiger partial charge is 0.333 e. The van der Waals surface area contributed by atoms with Crippen LogP contribution in [0.4, 0.5) is 0 Å². The highest BCUT2D eigenvalue weighted by Gasteiger charge is 2.65. The molecule has 104 valence electrons. The van der Waals surface area contributed by atoms with Crippen LogP contribution in [0.25, 0.3) is 0 Å². The molecule has 19 heavy (non-hydrogen) atoms. The molecule has 0 N–H and O–H groups in total. The van der Waals surface area contributed by atoms with E-state index >= 15 is 0 Å². The average molecular weight is 262 g/mol. The Morgan fingerprint density at radius 3 is 2.74 bits per heavy atom. The molecule has 0 aromatic heterocycles. The third-order valence-electron chi connectivity index (χ3n) is 6.10.